The number of piperidine rings is 1. The van der Waals surface area contributed by atoms with Crippen LogP contribution < -0.4 is 10.6 Å². The fourth-order valence-electron chi connectivity index (χ4n) is 2.44. The zero-order valence-electron chi connectivity index (χ0n) is 12.8. The third kappa shape index (κ3) is 4.82. The topological polar surface area (TPSA) is 61.4 Å². The van der Waals surface area contributed by atoms with E-state index < -0.39 is 0 Å². The summed E-state index contributed by atoms with van der Waals surface area (Å²) in [6.07, 6.45) is 1.88. The van der Waals surface area contributed by atoms with E-state index in [4.69, 9.17) is 0 Å². The van der Waals surface area contributed by atoms with Gasteiger partial charge >= 0.3 is 0 Å². The van der Waals surface area contributed by atoms with Gasteiger partial charge in [-0.15, -0.1) is 0 Å². The van der Waals surface area contributed by atoms with Crippen LogP contribution in [0, 0.1) is 5.41 Å². The highest BCUT2D eigenvalue weighted by atomic mass is 16.2. The highest BCUT2D eigenvalue weighted by Gasteiger charge is 2.37. The monoisotopic (exact) mass is 269 g/mol. The molecule has 0 aliphatic carbocycles. The Kier molecular flexibility index (Phi) is 4.96. The van der Waals surface area contributed by atoms with E-state index in [1.165, 1.54) is 4.90 Å². The lowest BCUT2D eigenvalue weighted by atomic mass is 9.81. The summed E-state index contributed by atoms with van der Waals surface area (Å²) in [7, 11) is 1.70. The smallest absolute Gasteiger partial charge is 0.240 e. The lowest BCUT2D eigenvalue weighted by Crippen LogP contribution is -2.52. The average molecular weight is 269 g/mol. The number of carbonyl (C=O) groups is 2. The Hall–Kier alpha value is -1.10. The van der Waals surface area contributed by atoms with Crippen LogP contribution in [0.15, 0.2) is 0 Å². The number of carbonyl (C=O) groups excluding carboxylic acids is 2. The van der Waals surface area contributed by atoms with Crippen molar-refractivity contribution in [3.8, 4) is 0 Å². The summed E-state index contributed by atoms with van der Waals surface area (Å²) in [4.78, 5) is 25.8. The number of likely N-dealkylation sites (N-methyl/N-ethyl adjacent to an activating group) is 1. The molecule has 0 aromatic heterocycles. The molecule has 110 valence electrons. The van der Waals surface area contributed by atoms with Gasteiger partial charge in [0.25, 0.3) is 0 Å². The van der Waals surface area contributed by atoms with Gasteiger partial charge in [0.1, 0.15) is 0 Å². The van der Waals surface area contributed by atoms with Crippen molar-refractivity contribution in [2.75, 3.05) is 26.7 Å². The molecule has 0 radical (unpaired) electrons. The van der Waals surface area contributed by atoms with Crippen LogP contribution in [0.2, 0.25) is 0 Å². The van der Waals surface area contributed by atoms with E-state index >= 15 is 0 Å². The largest absolute Gasteiger partial charge is 0.350 e. The average Bonchev–Trinajstić information content (AvgIpc) is 2.26. The number of hydrogen-bond donors (Lipinski definition) is 2. The molecule has 1 aliphatic heterocycles. The van der Waals surface area contributed by atoms with Crippen molar-refractivity contribution >= 4 is 11.8 Å². The number of amides is 2. The first kappa shape index (κ1) is 16.0. The first-order chi connectivity index (χ1) is 8.64. The molecule has 1 rings (SSSR count). The summed E-state index contributed by atoms with van der Waals surface area (Å²) in [6.45, 7) is 9.54. The molecule has 2 N–H and O–H groups in total. The third-order valence-corrected chi connectivity index (χ3v) is 3.36. The molecular formula is C14H27N3O2. The van der Waals surface area contributed by atoms with E-state index in [0.29, 0.717) is 6.54 Å². The van der Waals surface area contributed by atoms with Crippen LogP contribution in [0.4, 0.5) is 0 Å². The minimum Gasteiger partial charge on any atom is -0.350 e. The third-order valence-electron chi connectivity index (χ3n) is 3.36. The van der Waals surface area contributed by atoms with E-state index in [0.717, 1.165) is 19.4 Å². The van der Waals surface area contributed by atoms with Crippen molar-refractivity contribution in [2.24, 2.45) is 5.41 Å². The van der Waals surface area contributed by atoms with Gasteiger partial charge < -0.3 is 15.5 Å². The molecule has 0 spiro atoms. The van der Waals surface area contributed by atoms with Crippen molar-refractivity contribution in [1.82, 2.24) is 15.5 Å². The van der Waals surface area contributed by atoms with Crippen molar-refractivity contribution in [2.45, 2.75) is 46.1 Å². The molecule has 0 aromatic carbocycles. The van der Waals surface area contributed by atoms with Crippen LogP contribution >= 0.6 is 0 Å². The van der Waals surface area contributed by atoms with Crippen LogP contribution in [0.25, 0.3) is 0 Å². The predicted molar refractivity (Wildman–Crippen MR) is 75.7 cm³/mol. The van der Waals surface area contributed by atoms with Crippen LogP contribution in [-0.2, 0) is 9.59 Å². The Balaban J connectivity index is 2.55. The van der Waals surface area contributed by atoms with E-state index in [1.807, 2.05) is 27.7 Å². The Morgan fingerprint density at radius 3 is 2.47 bits per heavy atom. The summed E-state index contributed by atoms with van der Waals surface area (Å²) in [5.74, 6) is -0.0699. The number of hydrogen-bond acceptors (Lipinski definition) is 3. The van der Waals surface area contributed by atoms with Crippen LogP contribution in [0.3, 0.4) is 0 Å². The molecule has 1 atom stereocenters. The van der Waals surface area contributed by atoms with Crippen LogP contribution in [0.1, 0.15) is 40.5 Å². The van der Waals surface area contributed by atoms with Gasteiger partial charge in [-0.3, -0.25) is 9.59 Å². The quantitative estimate of drug-likeness (QED) is 0.795. The number of rotatable bonds is 3. The molecule has 0 bridgehead atoms. The van der Waals surface area contributed by atoms with Gasteiger partial charge in [-0.1, -0.05) is 0 Å². The molecular weight excluding hydrogens is 242 g/mol. The van der Waals surface area contributed by atoms with Gasteiger partial charge in [0, 0.05) is 19.1 Å². The molecule has 1 unspecified atom stereocenters. The van der Waals surface area contributed by atoms with Gasteiger partial charge in [0.05, 0.1) is 12.0 Å². The van der Waals surface area contributed by atoms with Crippen molar-refractivity contribution in [3.05, 3.63) is 0 Å². The summed E-state index contributed by atoms with van der Waals surface area (Å²) in [6, 6.07) is 0. The summed E-state index contributed by atoms with van der Waals surface area (Å²) in [5, 5.41) is 6.13. The second-order valence-electron chi connectivity index (χ2n) is 6.80. The van der Waals surface area contributed by atoms with Crippen molar-refractivity contribution < 1.29 is 9.59 Å². The van der Waals surface area contributed by atoms with E-state index in [9.17, 15) is 9.59 Å². The number of nitrogens with zero attached hydrogens (tertiary/aromatic N) is 1. The molecule has 1 aliphatic rings. The number of nitrogens with one attached hydrogen (secondary N) is 2. The van der Waals surface area contributed by atoms with Crippen LogP contribution in [-0.4, -0.2) is 48.9 Å². The molecule has 0 saturated carbocycles. The maximum Gasteiger partial charge on any atom is 0.240 e. The van der Waals surface area contributed by atoms with Gasteiger partial charge in [0.15, 0.2) is 0 Å². The predicted octanol–water partition coefficient (Wildman–Crippen LogP) is 0.749. The van der Waals surface area contributed by atoms with E-state index in [-0.39, 0.29) is 29.3 Å². The first-order valence-corrected chi connectivity index (χ1v) is 6.91. The summed E-state index contributed by atoms with van der Waals surface area (Å²) in [5.41, 5.74) is -0.647. The molecule has 1 fully saturated rings. The molecule has 2 amide bonds. The Bertz CT molecular complexity index is 341. The molecule has 1 heterocycles. The zero-order chi connectivity index (χ0) is 14.7. The maximum absolute atomic E-state index is 12.4. The van der Waals surface area contributed by atoms with Gasteiger partial charge in [0.2, 0.25) is 11.8 Å². The molecule has 1 saturated heterocycles. The van der Waals surface area contributed by atoms with E-state index in [2.05, 4.69) is 10.6 Å². The Morgan fingerprint density at radius 1 is 1.37 bits per heavy atom. The SMILES string of the molecule is CN(CC(=O)NC(C)(C)C)C(=O)C1(C)CCCNC1. The van der Waals surface area contributed by atoms with Crippen molar-refractivity contribution in [1.29, 1.82) is 0 Å². The molecule has 5 heteroatoms. The second-order valence-corrected chi connectivity index (χ2v) is 6.80. The lowest BCUT2D eigenvalue weighted by molar-refractivity contribution is -0.143. The zero-order valence-corrected chi connectivity index (χ0v) is 12.8. The molecule has 0 aromatic rings. The summed E-state index contributed by atoms with van der Waals surface area (Å²) < 4.78 is 0. The normalized spacial score (nSPS) is 23.8. The standard InChI is InChI=1S/C14H27N3O2/c1-13(2,3)16-11(18)9-17(5)12(19)14(4)7-6-8-15-10-14/h15H,6-10H2,1-5H3,(H,16,18). The van der Waals surface area contributed by atoms with Crippen molar-refractivity contribution in [3.63, 3.8) is 0 Å². The fourth-order valence-corrected chi connectivity index (χ4v) is 2.44. The summed E-state index contributed by atoms with van der Waals surface area (Å²) >= 11 is 0. The fraction of sp³-hybridized carbons (Fsp3) is 0.857. The maximum atomic E-state index is 12.4. The van der Waals surface area contributed by atoms with Crippen LogP contribution in [0.5, 0.6) is 0 Å². The van der Waals surface area contributed by atoms with Gasteiger partial charge in [-0.05, 0) is 47.1 Å². The second kappa shape index (κ2) is 5.90. The lowest BCUT2D eigenvalue weighted by Gasteiger charge is -2.36. The molecule has 19 heavy (non-hydrogen) atoms. The van der Waals surface area contributed by atoms with Gasteiger partial charge in [-0.2, -0.15) is 0 Å². The molecule has 5 nitrogen and oxygen atoms in total. The van der Waals surface area contributed by atoms with Gasteiger partial charge in [-0.25, -0.2) is 0 Å². The Morgan fingerprint density at radius 2 is 2.00 bits per heavy atom. The first-order valence-electron chi connectivity index (χ1n) is 6.91. The highest BCUT2D eigenvalue weighted by Crippen LogP contribution is 2.27. The van der Waals surface area contributed by atoms with E-state index in [1.54, 1.807) is 7.05 Å². The minimum absolute atomic E-state index is 0.0451. The Labute approximate surface area is 116 Å². The highest BCUT2D eigenvalue weighted by molar-refractivity contribution is 5.88. The minimum atomic E-state index is -0.380.